The van der Waals surface area contributed by atoms with Gasteiger partial charge in [0, 0.05) is 6.20 Å². The van der Waals surface area contributed by atoms with Crippen molar-refractivity contribution in [3.63, 3.8) is 0 Å². The molecule has 0 aliphatic carbocycles. The van der Waals surface area contributed by atoms with Gasteiger partial charge in [-0.15, -0.1) is 0 Å². The van der Waals surface area contributed by atoms with Gasteiger partial charge in [0.2, 0.25) is 0 Å². The first-order valence-corrected chi connectivity index (χ1v) is 10.3. The number of carbonyl (C=O) groups is 2. The average molecular weight is 428 g/mol. The van der Waals surface area contributed by atoms with Crippen LogP contribution in [0.1, 0.15) is 17.4 Å². The van der Waals surface area contributed by atoms with Gasteiger partial charge in [-0.05, 0) is 12.1 Å². The molecule has 1 aromatic carbocycles. The van der Waals surface area contributed by atoms with Crippen molar-refractivity contribution in [3.05, 3.63) is 48.3 Å². The van der Waals surface area contributed by atoms with Crippen LogP contribution in [-0.2, 0) is 17.1 Å². The minimum atomic E-state index is -4.92. The first-order chi connectivity index (χ1) is 12.2. The van der Waals surface area contributed by atoms with E-state index < -0.39 is 20.1 Å². The maximum absolute atomic E-state index is 11.4. The van der Waals surface area contributed by atoms with Gasteiger partial charge in [-0.25, -0.2) is 9.78 Å². The Kier molecular flexibility index (Phi) is 8.01. The molecule has 4 N–H and O–H groups in total. The van der Waals surface area contributed by atoms with Gasteiger partial charge in [0.05, 0.1) is 7.11 Å². The summed E-state index contributed by atoms with van der Waals surface area (Å²) in [6, 6.07) is 8.74. The van der Waals surface area contributed by atoms with Crippen molar-refractivity contribution in [1.82, 2.24) is 4.98 Å². The molecule has 0 saturated carbocycles. The van der Waals surface area contributed by atoms with Gasteiger partial charge >= 0.3 is 94.4 Å². The number of nitrogens with zero attached hydrogens (tertiary/aromatic N) is 1. The molecule has 0 radical (unpaired) electrons. The molecule has 0 aliphatic rings. The molecule has 10 nitrogen and oxygen atoms in total. The molecule has 1 unspecified atom stereocenters. The molecule has 1 heterocycles. The van der Waals surface area contributed by atoms with Crippen LogP contribution in [-0.4, -0.2) is 52.6 Å². The molecule has 1 atom stereocenters. The van der Waals surface area contributed by atoms with Gasteiger partial charge in [0.25, 0.3) is 0 Å². The van der Waals surface area contributed by atoms with Crippen molar-refractivity contribution in [2.24, 2.45) is 0 Å². The number of rotatable bonds is 4. The molecule has 0 aliphatic heterocycles. The van der Waals surface area contributed by atoms with Crippen molar-refractivity contribution < 1.29 is 36.4 Å². The summed E-state index contributed by atoms with van der Waals surface area (Å²) < 4.78 is 28.5. The van der Waals surface area contributed by atoms with Crippen LogP contribution in [0.4, 0.5) is 5.69 Å². The molecule has 2 rings (SSSR count). The minimum Gasteiger partial charge on any atom is -0.505 e. The number of aromatic nitrogens is 1. The zero-order chi connectivity index (χ0) is 19.7. The van der Waals surface area contributed by atoms with E-state index in [1.165, 1.54) is 50.6 Å². The SMILES string of the molecule is CC(=O)Nc1ccccc1[As](=O)(O)OO.COC(=O)c1ncccc1O. The Balaban J connectivity index is 0.000000273. The summed E-state index contributed by atoms with van der Waals surface area (Å²) in [6.07, 6.45) is 1.41. The van der Waals surface area contributed by atoms with Crippen LogP contribution in [0.2, 0.25) is 0 Å². The number of benzene rings is 1. The number of amides is 1. The van der Waals surface area contributed by atoms with Gasteiger partial charge in [0.15, 0.2) is 5.69 Å². The fraction of sp³-hybridized carbons (Fsp3) is 0.133. The van der Waals surface area contributed by atoms with E-state index in [0.29, 0.717) is 0 Å². The second-order valence-corrected chi connectivity index (χ2v) is 8.20. The molecule has 11 heteroatoms. The third-order valence-corrected chi connectivity index (χ3v) is 5.36. The van der Waals surface area contributed by atoms with Crippen molar-refractivity contribution in [3.8, 4) is 5.75 Å². The van der Waals surface area contributed by atoms with Gasteiger partial charge in [-0.1, -0.05) is 0 Å². The van der Waals surface area contributed by atoms with E-state index in [-0.39, 0.29) is 27.4 Å². The molecule has 0 spiro atoms. The number of hydrogen-bond acceptors (Lipinski definition) is 8. The summed E-state index contributed by atoms with van der Waals surface area (Å²) in [5.74, 6) is -1.18. The fourth-order valence-electron chi connectivity index (χ4n) is 1.71. The van der Waals surface area contributed by atoms with Gasteiger partial charge in [0.1, 0.15) is 5.75 Å². The summed E-state index contributed by atoms with van der Waals surface area (Å²) in [6.45, 7) is 1.27. The number of esters is 1. The summed E-state index contributed by atoms with van der Waals surface area (Å²) in [4.78, 5) is 25.2. The molecular formula is C15H17AsN2O8. The Morgan fingerprint density at radius 3 is 2.38 bits per heavy atom. The normalized spacial score (nSPS) is 12.2. The van der Waals surface area contributed by atoms with Crippen molar-refractivity contribution in [2.75, 3.05) is 12.4 Å². The van der Waals surface area contributed by atoms with Crippen LogP contribution in [0.5, 0.6) is 5.75 Å². The molecule has 0 fully saturated rings. The Bertz CT molecular complexity index is 827. The summed E-state index contributed by atoms with van der Waals surface area (Å²) in [5, 5.41) is 19.7. The van der Waals surface area contributed by atoms with E-state index in [1.54, 1.807) is 6.07 Å². The third kappa shape index (κ3) is 6.01. The zero-order valence-corrected chi connectivity index (χ0v) is 15.7. The summed E-state index contributed by atoms with van der Waals surface area (Å²) >= 11 is -4.92. The number of ether oxygens (including phenoxy) is 1. The van der Waals surface area contributed by atoms with E-state index in [0.717, 1.165) is 0 Å². The molecule has 1 aromatic heterocycles. The maximum atomic E-state index is 11.4. The van der Waals surface area contributed by atoms with Crippen LogP contribution < -0.4 is 9.67 Å². The molecular weight excluding hydrogens is 411 g/mol. The van der Waals surface area contributed by atoms with Gasteiger partial charge < -0.3 is 9.84 Å². The summed E-state index contributed by atoms with van der Waals surface area (Å²) in [7, 11) is 1.23. The topological polar surface area (TPSA) is 155 Å². The van der Waals surface area contributed by atoms with Crippen LogP contribution in [0.25, 0.3) is 0 Å². The van der Waals surface area contributed by atoms with Crippen molar-refractivity contribution in [1.29, 1.82) is 0 Å². The van der Waals surface area contributed by atoms with Gasteiger partial charge in [-0.3, -0.25) is 0 Å². The number of pyridine rings is 1. The number of carbonyl (C=O) groups excluding carboxylic acids is 2. The quantitative estimate of drug-likeness (QED) is 0.233. The molecule has 1 amide bonds. The average Bonchev–Trinajstić information content (AvgIpc) is 2.62. The van der Waals surface area contributed by atoms with Crippen LogP contribution >= 0.6 is 0 Å². The van der Waals surface area contributed by atoms with E-state index in [4.69, 9.17) is 10.4 Å². The molecule has 26 heavy (non-hydrogen) atoms. The van der Waals surface area contributed by atoms with E-state index in [1.807, 2.05) is 0 Å². The fourth-order valence-corrected chi connectivity index (χ4v) is 3.38. The third-order valence-electron chi connectivity index (χ3n) is 2.80. The number of hydrogen-bond donors (Lipinski definition) is 4. The number of aromatic hydroxyl groups is 1. The molecule has 0 bridgehead atoms. The van der Waals surface area contributed by atoms with Gasteiger partial charge in [-0.2, -0.15) is 0 Å². The van der Waals surface area contributed by atoms with E-state index in [9.17, 15) is 17.4 Å². The van der Waals surface area contributed by atoms with Crippen LogP contribution in [0.3, 0.4) is 0 Å². The molecule has 140 valence electrons. The Morgan fingerprint density at radius 1 is 1.19 bits per heavy atom. The first-order valence-electron chi connectivity index (χ1n) is 6.98. The number of nitrogens with one attached hydrogen (secondary N) is 1. The second-order valence-electron chi connectivity index (χ2n) is 4.66. The monoisotopic (exact) mass is 428 g/mol. The van der Waals surface area contributed by atoms with E-state index >= 15 is 0 Å². The van der Waals surface area contributed by atoms with Crippen molar-refractivity contribution >= 4 is 36.1 Å². The number of para-hydroxylation sites is 1. The predicted octanol–water partition coefficient (Wildman–Crippen LogP) is 0.277. The zero-order valence-electron chi connectivity index (χ0n) is 13.8. The summed E-state index contributed by atoms with van der Waals surface area (Å²) in [5.41, 5.74) is 0.0963. The maximum Gasteiger partial charge on any atom is 0.360 e. The molecule has 2 aromatic rings. The largest absolute Gasteiger partial charge is 0.505 e. The second kappa shape index (κ2) is 9.73. The van der Waals surface area contributed by atoms with Crippen LogP contribution in [0.15, 0.2) is 42.6 Å². The minimum absolute atomic E-state index is 0.0602. The predicted molar refractivity (Wildman–Crippen MR) is 90.0 cm³/mol. The Morgan fingerprint density at radius 2 is 1.85 bits per heavy atom. The van der Waals surface area contributed by atoms with E-state index in [2.05, 4.69) is 18.9 Å². The standard InChI is InChI=1S/C8H10AsNO5.C7H7NO3/c1-6(11)10-8-5-3-2-4-7(8)9(12,13)15-14;1-11-7(10)6-5(9)3-2-4-8-6/h2-5,14H,1H3,(H,10,11)(H,12,13);2-4,9H,1H3. The van der Waals surface area contributed by atoms with Crippen LogP contribution in [0, 0.1) is 0 Å². The van der Waals surface area contributed by atoms with Crippen molar-refractivity contribution in [2.45, 2.75) is 6.92 Å². The Hall–Kier alpha value is -2.65. The number of anilines is 1. The smallest absolute Gasteiger partial charge is 0.360 e. The number of methoxy groups -OCH3 is 1. The molecule has 0 saturated heterocycles. The first kappa shape index (κ1) is 21.4. The Labute approximate surface area is 151 Å².